The molecule has 0 aliphatic rings. The Morgan fingerprint density at radius 2 is 1.83 bits per heavy atom. The van der Waals surface area contributed by atoms with Crippen molar-refractivity contribution in [2.45, 2.75) is 26.2 Å². The average Bonchev–Trinajstić information content (AvgIpc) is 2.27. The Hall–Kier alpha value is -1.49. The zero-order chi connectivity index (χ0) is 13.3. The number of benzene rings is 1. The third-order valence-corrected chi connectivity index (χ3v) is 2.90. The second kappa shape index (κ2) is 4.65. The normalized spacial score (nSPS) is 11.6. The number of nitrogens with two attached hydrogens (primary N) is 1. The van der Waals surface area contributed by atoms with Crippen LogP contribution in [0.4, 0.5) is 5.95 Å². The Kier molecular flexibility index (Phi) is 3.34. The van der Waals surface area contributed by atoms with Crippen LogP contribution in [-0.4, -0.2) is 15.0 Å². The van der Waals surface area contributed by atoms with Crippen molar-refractivity contribution in [1.29, 1.82) is 0 Å². The van der Waals surface area contributed by atoms with Gasteiger partial charge < -0.3 is 5.73 Å². The van der Waals surface area contributed by atoms with Gasteiger partial charge in [-0.15, -0.1) is 0 Å². The number of nitrogen functional groups attached to an aromatic ring is 1. The van der Waals surface area contributed by atoms with Gasteiger partial charge in [0.05, 0.1) is 0 Å². The molecule has 1 heterocycles. The van der Waals surface area contributed by atoms with E-state index >= 15 is 0 Å². The first kappa shape index (κ1) is 13.0. The summed E-state index contributed by atoms with van der Waals surface area (Å²) in [6, 6.07) is 7.81. The summed E-state index contributed by atoms with van der Waals surface area (Å²) in [6.07, 6.45) is 0. The van der Waals surface area contributed by atoms with Gasteiger partial charge >= 0.3 is 0 Å². The van der Waals surface area contributed by atoms with Crippen LogP contribution in [0.5, 0.6) is 0 Å². The third kappa shape index (κ3) is 2.85. The summed E-state index contributed by atoms with van der Waals surface area (Å²) in [5.41, 5.74) is 6.52. The molecule has 0 aliphatic heterocycles. The third-order valence-electron chi connectivity index (χ3n) is 2.41. The first-order valence-corrected chi connectivity index (χ1v) is 6.43. The van der Waals surface area contributed by atoms with E-state index in [0.717, 1.165) is 10.0 Å². The molecule has 1 aromatic carbocycles. The maximum atomic E-state index is 5.76. The van der Waals surface area contributed by atoms with E-state index in [0.29, 0.717) is 11.6 Å². The highest BCUT2D eigenvalue weighted by molar-refractivity contribution is 9.10. The molecule has 0 amide bonds. The maximum absolute atomic E-state index is 5.76. The van der Waals surface area contributed by atoms with Gasteiger partial charge in [-0.3, -0.25) is 0 Å². The minimum Gasteiger partial charge on any atom is -0.368 e. The number of hydrogen-bond acceptors (Lipinski definition) is 4. The van der Waals surface area contributed by atoms with Crippen LogP contribution in [0.25, 0.3) is 11.4 Å². The van der Waals surface area contributed by atoms with E-state index in [-0.39, 0.29) is 11.4 Å². The van der Waals surface area contributed by atoms with E-state index in [1.54, 1.807) is 0 Å². The molecule has 0 fully saturated rings. The highest BCUT2D eigenvalue weighted by Gasteiger charge is 2.19. The van der Waals surface area contributed by atoms with Crippen LogP contribution in [-0.2, 0) is 5.41 Å². The van der Waals surface area contributed by atoms with E-state index in [2.05, 4.69) is 30.9 Å². The summed E-state index contributed by atoms with van der Waals surface area (Å²) in [5.74, 6) is 1.56. The van der Waals surface area contributed by atoms with Gasteiger partial charge in [-0.2, -0.15) is 9.97 Å². The van der Waals surface area contributed by atoms with Crippen molar-refractivity contribution in [2.24, 2.45) is 0 Å². The Morgan fingerprint density at radius 3 is 2.44 bits per heavy atom. The van der Waals surface area contributed by atoms with E-state index in [1.807, 2.05) is 45.0 Å². The molecule has 0 spiro atoms. The number of aromatic nitrogens is 3. The van der Waals surface area contributed by atoms with Crippen LogP contribution in [0.15, 0.2) is 28.7 Å². The van der Waals surface area contributed by atoms with Crippen LogP contribution in [0.1, 0.15) is 26.6 Å². The van der Waals surface area contributed by atoms with Crippen molar-refractivity contribution >= 4 is 21.9 Å². The Morgan fingerprint density at radius 1 is 1.11 bits per heavy atom. The molecule has 0 bridgehead atoms. The van der Waals surface area contributed by atoms with Crippen molar-refractivity contribution in [3.8, 4) is 11.4 Å². The molecule has 18 heavy (non-hydrogen) atoms. The van der Waals surface area contributed by atoms with Crippen molar-refractivity contribution in [2.75, 3.05) is 5.73 Å². The van der Waals surface area contributed by atoms with E-state index < -0.39 is 0 Å². The number of rotatable bonds is 1. The topological polar surface area (TPSA) is 64.7 Å². The molecule has 94 valence electrons. The lowest BCUT2D eigenvalue weighted by Crippen LogP contribution is -2.18. The molecule has 0 radical (unpaired) electrons. The van der Waals surface area contributed by atoms with E-state index in [1.165, 1.54) is 0 Å². The summed E-state index contributed by atoms with van der Waals surface area (Å²) in [4.78, 5) is 12.9. The summed E-state index contributed by atoms with van der Waals surface area (Å²) in [6.45, 7) is 6.14. The Balaban J connectivity index is 2.55. The zero-order valence-electron chi connectivity index (χ0n) is 10.6. The molecule has 2 aromatic rings. The Bertz CT molecular complexity index is 575. The molecule has 0 atom stereocenters. The molecular weight excluding hydrogens is 292 g/mol. The second-order valence-electron chi connectivity index (χ2n) is 5.10. The van der Waals surface area contributed by atoms with Crippen molar-refractivity contribution < 1.29 is 0 Å². The lowest BCUT2D eigenvalue weighted by Gasteiger charge is -2.17. The van der Waals surface area contributed by atoms with Crippen LogP contribution in [0.2, 0.25) is 0 Å². The quantitative estimate of drug-likeness (QED) is 0.879. The fourth-order valence-electron chi connectivity index (χ4n) is 1.48. The van der Waals surface area contributed by atoms with Gasteiger partial charge in [-0.25, -0.2) is 4.98 Å². The Labute approximate surface area is 115 Å². The van der Waals surface area contributed by atoms with Gasteiger partial charge in [-0.1, -0.05) is 48.8 Å². The molecule has 5 heteroatoms. The monoisotopic (exact) mass is 306 g/mol. The predicted octanol–water partition coefficient (Wildman–Crippen LogP) is 3.18. The number of nitrogens with zero attached hydrogens (tertiary/aromatic N) is 3. The average molecular weight is 307 g/mol. The van der Waals surface area contributed by atoms with E-state index in [4.69, 9.17) is 5.73 Å². The molecule has 0 unspecified atom stereocenters. The first-order chi connectivity index (χ1) is 8.36. The number of halogens is 1. The molecule has 0 saturated heterocycles. The van der Waals surface area contributed by atoms with Crippen LogP contribution in [0.3, 0.4) is 0 Å². The standard InChI is InChI=1S/C13H15BrN4/c1-13(2,3)11-16-10(17-12(15)18-11)8-5-4-6-9(14)7-8/h4-7H,1-3H3,(H2,15,16,17,18). The summed E-state index contributed by atoms with van der Waals surface area (Å²) in [7, 11) is 0. The summed E-state index contributed by atoms with van der Waals surface area (Å²) in [5, 5.41) is 0. The molecule has 4 nitrogen and oxygen atoms in total. The molecule has 2 N–H and O–H groups in total. The van der Waals surface area contributed by atoms with Gasteiger partial charge in [0, 0.05) is 15.5 Å². The van der Waals surface area contributed by atoms with Gasteiger partial charge in [0.2, 0.25) is 5.95 Å². The molecule has 0 aliphatic carbocycles. The molecular formula is C13H15BrN4. The second-order valence-corrected chi connectivity index (χ2v) is 6.02. The summed E-state index contributed by atoms with van der Waals surface area (Å²) >= 11 is 3.43. The molecule has 0 saturated carbocycles. The number of hydrogen-bond donors (Lipinski definition) is 1. The fraction of sp³-hybridized carbons (Fsp3) is 0.308. The van der Waals surface area contributed by atoms with Gasteiger partial charge in [0.15, 0.2) is 5.82 Å². The van der Waals surface area contributed by atoms with Crippen molar-refractivity contribution in [1.82, 2.24) is 15.0 Å². The van der Waals surface area contributed by atoms with Crippen LogP contribution >= 0.6 is 15.9 Å². The maximum Gasteiger partial charge on any atom is 0.223 e. The fourth-order valence-corrected chi connectivity index (χ4v) is 1.88. The smallest absolute Gasteiger partial charge is 0.223 e. The molecule has 1 aromatic heterocycles. The van der Waals surface area contributed by atoms with Gasteiger partial charge in [-0.05, 0) is 12.1 Å². The van der Waals surface area contributed by atoms with Crippen molar-refractivity contribution in [3.63, 3.8) is 0 Å². The van der Waals surface area contributed by atoms with Crippen LogP contribution < -0.4 is 5.73 Å². The SMILES string of the molecule is CC(C)(C)c1nc(N)nc(-c2cccc(Br)c2)n1. The lowest BCUT2D eigenvalue weighted by molar-refractivity contribution is 0.544. The lowest BCUT2D eigenvalue weighted by atomic mass is 9.96. The van der Waals surface area contributed by atoms with Gasteiger partial charge in [0.1, 0.15) is 5.82 Å². The zero-order valence-corrected chi connectivity index (χ0v) is 12.2. The highest BCUT2D eigenvalue weighted by atomic mass is 79.9. The van der Waals surface area contributed by atoms with Crippen molar-refractivity contribution in [3.05, 3.63) is 34.6 Å². The first-order valence-electron chi connectivity index (χ1n) is 5.64. The summed E-state index contributed by atoms with van der Waals surface area (Å²) < 4.78 is 0.983. The minimum atomic E-state index is -0.155. The van der Waals surface area contributed by atoms with Crippen LogP contribution in [0, 0.1) is 0 Å². The number of anilines is 1. The highest BCUT2D eigenvalue weighted by Crippen LogP contribution is 2.24. The minimum absolute atomic E-state index is 0.155. The predicted molar refractivity (Wildman–Crippen MR) is 76.1 cm³/mol. The van der Waals surface area contributed by atoms with E-state index in [9.17, 15) is 0 Å². The van der Waals surface area contributed by atoms with Gasteiger partial charge in [0.25, 0.3) is 0 Å². The molecule has 2 rings (SSSR count). The largest absolute Gasteiger partial charge is 0.368 e.